The molecular weight excluding hydrogens is 304 g/mol. The predicted molar refractivity (Wildman–Crippen MR) is 105 cm³/mol. The maximum atomic E-state index is 4.74. The highest BCUT2D eigenvalue weighted by Crippen LogP contribution is 2.27. The first-order valence-corrected chi connectivity index (χ1v) is 8.74. The molecule has 25 heavy (non-hydrogen) atoms. The summed E-state index contributed by atoms with van der Waals surface area (Å²) in [5.74, 6) is 1.25. The number of aromatic nitrogens is 2. The minimum absolute atomic E-state index is 0.237. The molecule has 4 aromatic rings. The zero-order valence-corrected chi connectivity index (χ0v) is 14.9. The van der Waals surface area contributed by atoms with Crippen LogP contribution in [0.1, 0.15) is 35.4 Å². The minimum Gasteiger partial charge on any atom is -0.341 e. The van der Waals surface area contributed by atoms with Crippen molar-refractivity contribution in [3.8, 4) is 11.1 Å². The fourth-order valence-corrected chi connectivity index (χ4v) is 3.22. The van der Waals surface area contributed by atoms with Crippen LogP contribution in [0, 0.1) is 13.8 Å². The Kier molecular flexibility index (Phi) is 3.89. The molecule has 3 aromatic carbocycles. The van der Waals surface area contributed by atoms with E-state index in [1.165, 1.54) is 27.8 Å². The van der Waals surface area contributed by atoms with Crippen molar-refractivity contribution in [2.24, 2.45) is 0 Å². The van der Waals surface area contributed by atoms with E-state index < -0.39 is 0 Å². The van der Waals surface area contributed by atoms with Gasteiger partial charge < -0.3 is 4.98 Å². The topological polar surface area (TPSA) is 28.7 Å². The van der Waals surface area contributed by atoms with Crippen LogP contribution in [0.2, 0.25) is 0 Å². The zero-order chi connectivity index (χ0) is 17.4. The van der Waals surface area contributed by atoms with Gasteiger partial charge in [0.2, 0.25) is 0 Å². The van der Waals surface area contributed by atoms with Crippen LogP contribution in [0.5, 0.6) is 0 Å². The number of H-pyrrole nitrogens is 1. The van der Waals surface area contributed by atoms with Crippen molar-refractivity contribution in [1.82, 2.24) is 9.97 Å². The summed E-state index contributed by atoms with van der Waals surface area (Å²) in [6, 6.07) is 23.7. The Balaban J connectivity index is 1.63. The van der Waals surface area contributed by atoms with Gasteiger partial charge in [0.05, 0.1) is 11.0 Å². The molecule has 0 spiro atoms. The first-order valence-electron chi connectivity index (χ1n) is 8.74. The summed E-state index contributed by atoms with van der Waals surface area (Å²) < 4.78 is 0. The summed E-state index contributed by atoms with van der Waals surface area (Å²) in [5, 5.41) is 0. The van der Waals surface area contributed by atoms with Gasteiger partial charge in [-0.25, -0.2) is 4.98 Å². The normalized spacial score (nSPS) is 12.4. The summed E-state index contributed by atoms with van der Waals surface area (Å²) >= 11 is 0. The number of benzene rings is 3. The minimum atomic E-state index is 0.237. The lowest BCUT2D eigenvalue weighted by atomic mass is 9.96. The lowest BCUT2D eigenvalue weighted by molar-refractivity contribution is 0.846. The predicted octanol–water partition coefficient (Wildman–Crippen LogP) is 6.00. The molecule has 1 unspecified atom stereocenters. The summed E-state index contributed by atoms with van der Waals surface area (Å²) in [4.78, 5) is 8.18. The second-order valence-corrected chi connectivity index (χ2v) is 6.78. The van der Waals surface area contributed by atoms with Crippen LogP contribution in [-0.2, 0) is 0 Å². The van der Waals surface area contributed by atoms with Gasteiger partial charge in [-0.2, -0.15) is 0 Å². The Bertz CT molecular complexity index is 993. The fourth-order valence-electron chi connectivity index (χ4n) is 3.22. The van der Waals surface area contributed by atoms with E-state index in [9.17, 15) is 0 Å². The van der Waals surface area contributed by atoms with Crippen molar-refractivity contribution in [1.29, 1.82) is 0 Å². The second kappa shape index (κ2) is 6.21. The average Bonchev–Trinajstić information content (AvgIpc) is 3.08. The number of imidazole rings is 1. The Morgan fingerprint density at radius 1 is 0.800 bits per heavy atom. The SMILES string of the molecule is Cc1ccc(-c2ccc(C(C)c3nc4ccccc4[nH]3)cc2)cc1C. The van der Waals surface area contributed by atoms with Crippen LogP contribution in [-0.4, -0.2) is 9.97 Å². The summed E-state index contributed by atoms with van der Waals surface area (Å²) in [6.45, 7) is 6.51. The van der Waals surface area contributed by atoms with Crippen molar-refractivity contribution in [3.05, 3.63) is 89.2 Å². The van der Waals surface area contributed by atoms with Gasteiger partial charge in [-0.05, 0) is 53.8 Å². The summed E-state index contributed by atoms with van der Waals surface area (Å²) in [5.41, 5.74) is 8.57. The molecule has 0 aliphatic heterocycles. The molecule has 1 N–H and O–H groups in total. The molecule has 0 aliphatic rings. The van der Waals surface area contributed by atoms with Gasteiger partial charge in [-0.3, -0.25) is 0 Å². The number of para-hydroxylation sites is 2. The number of nitrogens with zero attached hydrogens (tertiary/aromatic N) is 1. The van der Waals surface area contributed by atoms with Crippen LogP contribution in [0.4, 0.5) is 0 Å². The van der Waals surface area contributed by atoms with Crippen molar-refractivity contribution in [2.75, 3.05) is 0 Å². The van der Waals surface area contributed by atoms with Gasteiger partial charge in [0.25, 0.3) is 0 Å². The highest BCUT2D eigenvalue weighted by Gasteiger charge is 2.13. The molecule has 1 atom stereocenters. The average molecular weight is 326 g/mol. The zero-order valence-electron chi connectivity index (χ0n) is 14.9. The molecule has 0 aliphatic carbocycles. The monoisotopic (exact) mass is 326 g/mol. The molecule has 0 radical (unpaired) electrons. The van der Waals surface area contributed by atoms with Crippen LogP contribution in [0.25, 0.3) is 22.2 Å². The number of hydrogen-bond acceptors (Lipinski definition) is 1. The highest BCUT2D eigenvalue weighted by molar-refractivity contribution is 5.75. The molecule has 0 fully saturated rings. The quantitative estimate of drug-likeness (QED) is 0.491. The van der Waals surface area contributed by atoms with Crippen molar-refractivity contribution >= 4 is 11.0 Å². The maximum Gasteiger partial charge on any atom is 0.114 e. The Morgan fingerprint density at radius 3 is 2.24 bits per heavy atom. The van der Waals surface area contributed by atoms with Gasteiger partial charge >= 0.3 is 0 Å². The van der Waals surface area contributed by atoms with E-state index in [0.29, 0.717) is 0 Å². The number of aromatic amines is 1. The van der Waals surface area contributed by atoms with Crippen LogP contribution < -0.4 is 0 Å². The molecule has 1 heterocycles. The van der Waals surface area contributed by atoms with Crippen LogP contribution >= 0.6 is 0 Å². The number of hydrogen-bond donors (Lipinski definition) is 1. The molecule has 1 aromatic heterocycles. The summed E-state index contributed by atoms with van der Waals surface area (Å²) in [7, 11) is 0. The van der Waals surface area contributed by atoms with E-state index in [1.54, 1.807) is 0 Å². The van der Waals surface area contributed by atoms with Crippen molar-refractivity contribution in [3.63, 3.8) is 0 Å². The third-order valence-electron chi connectivity index (χ3n) is 5.07. The van der Waals surface area contributed by atoms with Gasteiger partial charge in [0.1, 0.15) is 5.82 Å². The maximum absolute atomic E-state index is 4.74. The summed E-state index contributed by atoms with van der Waals surface area (Å²) in [6.07, 6.45) is 0. The number of rotatable bonds is 3. The van der Waals surface area contributed by atoms with Gasteiger partial charge in [-0.15, -0.1) is 0 Å². The van der Waals surface area contributed by atoms with Crippen molar-refractivity contribution < 1.29 is 0 Å². The van der Waals surface area contributed by atoms with Gasteiger partial charge in [0, 0.05) is 5.92 Å². The van der Waals surface area contributed by atoms with E-state index >= 15 is 0 Å². The molecule has 2 nitrogen and oxygen atoms in total. The first kappa shape index (κ1) is 15.6. The Labute approximate surface area is 148 Å². The molecule has 0 bridgehead atoms. The lowest BCUT2D eigenvalue weighted by Gasteiger charge is -2.11. The van der Waals surface area contributed by atoms with E-state index in [-0.39, 0.29) is 5.92 Å². The highest BCUT2D eigenvalue weighted by atomic mass is 14.9. The smallest absolute Gasteiger partial charge is 0.114 e. The molecule has 0 amide bonds. The van der Waals surface area contributed by atoms with Gasteiger partial charge in [0.15, 0.2) is 0 Å². The van der Waals surface area contributed by atoms with Crippen LogP contribution in [0.3, 0.4) is 0 Å². The van der Waals surface area contributed by atoms with E-state index in [4.69, 9.17) is 4.98 Å². The standard InChI is InChI=1S/C23H22N2/c1-15-8-9-20(14-16(15)2)19-12-10-18(11-13-19)17(3)23-24-21-6-4-5-7-22(21)25-23/h4-14,17H,1-3H3,(H,24,25). The fraction of sp³-hybridized carbons (Fsp3) is 0.174. The van der Waals surface area contributed by atoms with E-state index in [0.717, 1.165) is 16.9 Å². The van der Waals surface area contributed by atoms with Crippen LogP contribution in [0.15, 0.2) is 66.7 Å². The number of aryl methyl sites for hydroxylation is 2. The van der Waals surface area contributed by atoms with Gasteiger partial charge in [-0.1, -0.05) is 61.5 Å². The van der Waals surface area contributed by atoms with E-state index in [1.807, 2.05) is 18.2 Å². The largest absolute Gasteiger partial charge is 0.341 e. The first-order chi connectivity index (χ1) is 12.1. The Hall–Kier alpha value is -2.87. The Morgan fingerprint density at radius 2 is 1.52 bits per heavy atom. The van der Waals surface area contributed by atoms with Crippen molar-refractivity contribution in [2.45, 2.75) is 26.7 Å². The molecule has 2 heteroatoms. The molecular formula is C23H22N2. The molecule has 4 rings (SSSR count). The molecule has 124 valence electrons. The molecule has 0 saturated heterocycles. The van der Waals surface area contributed by atoms with E-state index in [2.05, 4.69) is 74.3 Å². The third-order valence-corrected chi connectivity index (χ3v) is 5.07. The second-order valence-electron chi connectivity index (χ2n) is 6.78. The number of nitrogens with one attached hydrogen (secondary N) is 1. The number of fused-ring (bicyclic) bond motifs is 1. The third kappa shape index (κ3) is 2.96. The molecule has 0 saturated carbocycles. The lowest BCUT2D eigenvalue weighted by Crippen LogP contribution is -1.98.